The number of nitrogens with one attached hydrogen (secondary N) is 1. The van der Waals surface area contributed by atoms with Gasteiger partial charge in [-0.15, -0.1) is 0 Å². The molecule has 0 aromatic carbocycles. The van der Waals surface area contributed by atoms with Crippen molar-refractivity contribution in [2.24, 2.45) is 0 Å². The van der Waals surface area contributed by atoms with Gasteiger partial charge in [-0.25, -0.2) is 0 Å². The van der Waals surface area contributed by atoms with Crippen LogP contribution in [0.15, 0.2) is 0 Å². The fraction of sp³-hybridized carbons (Fsp3) is 1.00. The van der Waals surface area contributed by atoms with E-state index in [4.69, 9.17) is 9.47 Å². The predicted molar refractivity (Wildman–Crippen MR) is 63.7 cm³/mol. The normalized spacial score (nSPS) is 32.8. The topological polar surface area (TPSA) is 33.7 Å². The van der Waals surface area contributed by atoms with Crippen LogP contribution in [0.2, 0.25) is 0 Å². The van der Waals surface area contributed by atoms with E-state index >= 15 is 0 Å². The standard InChI is InChI=1S/C12H24N2O2/c1-14-5-7-16-12(10-14)9-13-8-11-4-2-3-6-15-11/h11-13H,2-10H2,1H3/t11-,12+/m0/s1. The van der Waals surface area contributed by atoms with Gasteiger partial charge in [0.05, 0.1) is 18.8 Å². The number of hydrogen-bond donors (Lipinski definition) is 1. The highest BCUT2D eigenvalue weighted by atomic mass is 16.5. The maximum Gasteiger partial charge on any atom is 0.0826 e. The Kier molecular flexibility index (Phi) is 5.03. The lowest BCUT2D eigenvalue weighted by atomic mass is 10.1. The van der Waals surface area contributed by atoms with E-state index in [1.807, 2.05) is 0 Å². The van der Waals surface area contributed by atoms with Crippen LogP contribution < -0.4 is 5.32 Å². The van der Waals surface area contributed by atoms with Gasteiger partial charge in [-0.3, -0.25) is 0 Å². The summed E-state index contributed by atoms with van der Waals surface area (Å²) in [5.41, 5.74) is 0. The van der Waals surface area contributed by atoms with Crippen LogP contribution in [0.1, 0.15) is 19.3 Å². The molecule has 0 bridgehead atoms. The minimum absolute atomic E-state index is 0.349. The van der Waals surface area contributed by atoms with Gasteiger partial charge in [-0.2, -0.15) is 0 Å². The Morgan fingerprint density at radius 3 is 2.69 bits per heavy atom. The van der Waals surface area contributed by atoms with Crippen molar-refractivity contribution in [3.8, 4) is 0 Å². The minimum Gasteiger partial charge on any atom is -0.377 e. The van der Waals surface area contributed by atoms with Crippen molar-refractivity contribution in [1.29, 1.82) is 0 Å². The van der Waals surface area contributed by atoms with Crippen molar-refractivity contribution >= 4 is 0 Å². The molecule has 2 aliphatic heterocycles. The quantitative estimate of drug-likeness (QED) is 0.758. The first kappa shape index (κ1) is 12.3. The summed E-state index contributed by atoms with van der Waals surface area (Å²) in [5, 5.41) is 3.47. The summed E-state index contributed by atoms with van der Waals surface area (Å²) in [6, 6.07) is 0. The lowest BCUT2D eigenvalue weighted by molar-refractivity contribution is -0.0230. The Morgan fingerprint density at radius 1 is 1.12 bits per heavy atom. The molecule has 16 heavy (non-hydrogen) atoms. The van der Waals surface area contributed by atoms with E-state index in [1.165, 1.54) is 19.3 Å². The van der Waals surface area contributed by atoms with Crippen LogP contribution in [0.25, 0.3) is 0 Å². The zero-order valence-electron chi connectivity index (χ0n) is 10.3. The third-order valence-electron chi connectivity index (χ3n) is 3.36. The molecule has 0 spiro atoms. The maximum absolute atomic E-state index is 5.69. The zero-order valence-corrected chi connectivity index (χ0v) is 10.3. The van der Waals surface area contributed by atoms with E-state index in [2.05, 4.69) is 17.3 Å². The number of rotatable bonds is 4. The molecule has 0 unspecified atom stereocenters. The van der Waals surface area contributed by atoms with Gasteiger partial charge in [-0.1, -0.05) is 0 Å². The van der Waals surface area contributed by atoms with Crippen molar-refractivity contribution in [3.63, 3.8) is 0 Å². The van der Waals surface area contributed by atoms with Gasteiger partial charge in [0.25, 0.3) is 0 Å². The van der Waals surface area contributed by atoms with Crippen molar-refractivity contribution in [1.82, 2.24) is 10.2 Å². The molecule has 2 rings (SSSR count). The van der Waals surface area contributed by atoms with Gasteiger partial charge >= 0.3 is 0 Å². The zero-order chi connectivity index (χ0) is 11.2. The highest BCUT2D eigenvalue weighted by Gasteiger charge is 2.18. The van der Waals surface area contributed by atoms with E-state index in [-0.39, 0.29) is 0 Å². The molecule has 4 heteroatoms. The summed E-state index contributed by atoms with van der Waals surface area (Å²) in [5.74, 6) is 0. The van der Waals surface area contributed by atoms with Crippen molar-refractivity contribution < 1.29 is 9.47 Å². The van der Waals surface area contributed by atoms with Crippen LogP contribution in [0.5, 0.6) is 0 Å². The molecule has 94 valence electrons. The number of morpholine rings is 1. The van der Waals surface area contributed by atoms with Crippen LogP contribution in [0, 0.1) is 0 Å². The third-order valence-corrected chi connectivity index (χ3v) is 3.36. The summed E-state index contributed by atoms with van der Waals surface area (Å²) < 4.78 is 11.4. The summed E-state index contributed by atoms with van der Waals surface area (Å²) in [4.78, 5) is 2.33. The summed E-state index contributed by atoms with van der Waals surface area (Å²) in [6.45, 7) is 5.83. The van der Waals surface area contributed by atoms with Crippen molar-refractivity contribution in [3.05, 3.63) is 0 Å². The summed E-state index contributed by atoms with van der Waals surface area (Å²) >= 11 is 0. The van der Waals surface area contributed by atoms with Crippen LogP contribution in [-0.2, 0) is 9.47 Å². The van der Waals surface area contributed by atoms with Gasteiger partial charge in [0.15, 0.2) is 0 Å². The fourth-order valence-corrected chi connectivity index (χ4v) is 2.36. The molecule has 0 aromatic rings. The maximum atomic E-state index is 5.69. The molecule has 0 amide bonds. The van der Waals surface area contributed by atoms with Crippen LogP contribution in [0.3, 0.4) is 0 Å². The van der Waals surface area contributed by atoms with E-state index in [1.54, 1.807) is 0 Å². The lowest BCUT2D eigenvalue weighted by Gasteiger charge is -2.31. The largest absolute Gasteiger partial charge is 0.377 e. The van der Waals surface area contributed by atoms with Gasteiger partial charge in [0.2, 0.25) is 0 Å². The van der Waals surface area contributed by atoms with E-state index in [0.717, 1.165) is 39.4 Å². The monoisotopic (exact) mass is 228 g/mol. The van der Waals surface area contributed by atoms with Crippen molar-refractivity contribution in [2.45, 2.75) is 31.5 Å². The van der Waals surface area contributed by atoms with Crippen LogP contribution >= 0.6 is 0 Å². The molecule has 0 aromatic heterocycles. The molecular formula is C12H24N2O2. The van der Waals surface area contributed by atoms with Crippen LogP contribution in [-0.4, -0.2) is 63.5 Å². The number of nitrogens with zero attached hydrogens (tertiary/aromatic N) is 1. The van der Waals surface area contributed by atoms with Gasteiger partial charge in [-0.05, 0) is 26.3 Å². The molecule has 0 aliphatic carbocycles. The van der Waals surface area contributed by atoms with Gasteiger partial charge in [0, 0.05) is 32.8 Å². The minimum atomic E-state index is 0.349. The molecule has 2 aliphatic rings. The lowest BCUT2D eigenvalue weighted by Crippen LogP contribution is -2.46. The molecular weight excluding hydrogens is 204 g/mol. The number of hydrogen-bond acceptors (Lipinski definition) is 4. The highest BCUT2D eigenvalue weighted by Crippen LogP contribution is 2.11. The second-order valence-electron chi connectivity index (χ2n) is 4.90. The molecule has 0 saturated carbocycles. The van der Waals surface area contributed by atoms with E-state index in [0.29, 0.717) is 12.2 Å². The van der Waals surface area contributed by atoms with Crippen LogP contribution in [0.4, 0.5) is 0 Å². The first-order valence-corrected chi connectivity index (χ1v) is 6.47. The van der Waals surface area contributed by atoms with Gasteiger partial charge < -0.3 is 19.7 Å². The predicted octanol–water partition coefficient (Wildman–Crippen LogP) is 0.476. The molecule has 0 radical (unpaired) electrons. The smallest absolute Gasteiger partial charge is 0.0826 e. The average Bonchev–Trinajstić information content (AvgIpc) is 2.30. The number of ether oxygens (including phenoxy) is 2. The Balaban J connectivity index is 1.56. The fourth-order valence-electron chi connectivity index (χ4n) is 2.36. The number of likely N-dealkylation sites (N-methyl/N-ethyl adjacent to an activating group) is 1. The summed E-state index contributed by atoms with van der Waals surface area (Å²) in [7, 11) is 2.15. The molecule has 4 nitrogen and oxygen atoms in total. The first-order chi connectivity index (χ1) is 7.84. The Hall–Kier alpha value is -0.160. The second kappa shape index (κ2) is 6.55. The molecule has 2 atom stereocenters. The van der Waals surface area contributed by atoms with E-state index < -0.39 is 0 Å². The molecule has 2 saturated heterocycles. The molecule has 2 fully saturated rings. The third kappa shape index (κ3) is 4.01. The SMILES string of the molecule is CN1CCO[C@H](CNC[C@@H]2CCCCO2)C1. The highest BCUT2D eigenvalue weighted by molar-refractivity contribution is 4.73. The second-order valence-corrected chi connectivity index (χ2v) is 4.90. The molecule has 2 heterocycles. The Bertz CT molecular complexity index is 195. The Morgan fingerprint density at radius 2 is 1.94 bits per heavy atom. The Labute approximate surface area is 98.3 Å². The first-order valence-electron chi connectivity index (χ1n) is 6.47. The van der Waals surface area contributed by atoms with E-state index in [9.17, 15) is 0 Å². The molecule has 1 N–H and O–H groups in total. The average molecular weight is 228 g/mol. The van der Waals surface area contributed by atoms with Gasteiger partial charge in [0.1, 0.15) is 0 Å². The van der Waals surface area contributed by atoms with Crippen molar-refractivity contribution in [2.75, 3.05) is 46.4 Å². The summed E-state index contributed by atoms with van der Waals surface area (Å²) in [6.07, 6.45) is 4.53.